The van der Waals surface area contributed by atoms with E-state index in [1.165, 1.54) is 4.90 Å². The molecule has 0 atom stereocenters. The van der Waals surface area contributed by atoms with Crippen molar-refractivity contribution in [2.24, 2.45) is 11.7 Å². The Labute approximate surface area is 151 Å². The number of benzene rings is 1. The lowest BCUT2D eigenvalue weighted by atomic mass is 9.96. The Kier molecular flexibility index (Phi) is 5.47. The minimum Gasteiger partial charge on any atom is -0.497 e. The van der Waals surface area contributed by atoms with Crippen molar-refractivity contribution in [2.45, 2.75) is 19.4 Å². The summed E-state index contributed by atoms with van der Waals surface area (Å²) in [6.45, 7) is 2.36. The van der Waals surface area contributed by atoms with Crippen LogP contribution in [0.2, 0.25) is 0 Å². The van der Waals surface area contributed by atoms with Crippen LogP contribution in [0.25, 0.3) is 0 Å². The van der Waals surface area contributed by atoms with Crippen LogP contribution in [0.1, 0.15) is 18.7 Å². The van der Waals surface area contributed by atoms with E-state index in [-0.39, 0.29) is 17.8 Å². The smallest absolute Gasteiger partial charge is 0.232 e. The van der Waals surface area contributed by atoms with Crippen LogP contribution >= 0.6 is 0 Å². The lowest BCUT2D eigenvalue weighted by molar-refractivity contribution is -0.920. The van der Waals surface area contributed by atoms with E-state index in [0.717, 1.165) is 37.4 Å². The number of amides is 1. The molecule has 9 nitrogen and oxygen atoms in total. The Morgan fingerprint density at radius 3 is 2.54 bits per heavy atom. The number of aromatic nitrogens is 3. The van der Waals surface area contributed by atoms with Gasteiger partial charge < -0.3 is 26.4 Å². The number of nitrogens with two attached hydrogens (primary N) is 2. The van der Waals surface area contributed by atoms with Crippen LogP contribution in [-0.2, 0) is 11.3 Å². The lowest BCUT2D eigenvalue weighted by Crippen LogP contribution is -3.12. The summed E-state index contributed by atoms with van der Waals surface area (Å²) in [5, 5.41) is 3.13. The molecule has 0 saturated carbocycles. The third kappa shape index (κ3) is 4.57. The van der Waals surface area contributed by atoms with E-state index in [1.807, 2.05) is 24.3 Å². The second kappa shape index (κ2) is 7.96. The molecule has 1 aliphatic heterocycles. The van der Waals surface area contributed by atoms with Crippen LogP contribution < -0.4 is 26.4 Å². The predicted octanol–water partition coefficient (Wildman–Crippen LogP) is -0.514. The predicted molar refractivity (Wildman–Crippen MR) is 96.8 cm³/mol. The third-order valence-corrected chi connectivity index (χ3v) is 4.55. The number of piperidine rings is 1. The summed E-state index contributed by atoms with van der Waals surface area (Å²) in [7, 11) is 1.62. The van der Waals surface area contributed by atoms with Crippen LogP contribution in [0.5, 0.6) is 5.75 Å². The molecule has 1 fully saturated rings. The summed E-state index contributed by atoms with van der Waals surface area (Å²) in [5.74, 6) is 1.76. The molecule has 1 saturated heterocycles. The fourth-order valence-electron chi connectivity index (χ4n) is 3.09. The largest absolute Gasteiger partial charge is 0.497 e. The number of hydrogen-bond donors (Lipinski definition) is 4. The Morgan fingerprint density at radius 2 is 1.92 bits per heavy atom. The van der Waals surface area contributed by atoms with Crippen molar-refractivity contribution in [1.82, 2.24) is 15.0 Å². The maximum atomic E-state index is 11.3. The van der Waals surface area contributed by atoms with Crippen LogP contribution in [0.4, 0.5) is 17.6 Å². The van der Waals surface area contributed by atoms with E-state index in [4.69, 9.17) is 16.2 Å². The van der Waals surface area contributed by atoms with E-state index in [0.29, 0.717) is 18.3 Å². The van der Waals surface area contributed by atoms with E-state index in [9.17, 15) is 4.79 Å². The highest BCUT2D eigenvalue weighted by molar-refractivity contribution is 5.76. The van der Waals surface area contributed by atoms with Gasteiger partial charge in [0, 0.05) is 24.4 Å². The highest BCUT2D eigenvalue weighted by atomic mass is 16.5. The molecular weight excluding hydrogens is 334 g/mol. The van der Waals surface area contributed by atoms with Crippen molar-refractivity contribution in [3.63, 3.8) is 0 Å². The molecule has 3 rings (SSSR count). The number of hydrogen-bond acceptors (Lipinski definition) is 7. The number of ether oxygens (including phenoxy) is 1. The molecule has 1 aromatic heterocycles. The zero-order valence-corrected chi connectivity index (χ0v) is 14.7. The Bertz CT molecular complexity index is 758. The van der Waals surface area contributed by atoms with E-state index in [1.54, 1.807) is 7.11 Å². The minimum absolute atomic E-state index is 0.0190. The molecule has 0 bridgehead atoms. The topological polar surface area (TPSA) is 133 Å². The number of rotatable bonds is 6. The highest BCUT2D eigenvalue weighted by Gasteiger charge is 2.26. The molecule has 0 spiro atoms. The molecule has 1 aromatic carbocycles. The van der Waals surface area contributed by atoms with Gasteiger partial charge in [0.1, 0.15) is 12.3 Å². The quantitative estimate of drug-likeness (QED) is 0.546. The minimum atomic E-state index is -0.209. The number of anilines is 3. The Morgan fingerprint density at radius 1 is 1.23 bits per heavy atom. The second-order valence-corrected chi connectivity index (χ2v) is 6.39. The fraction of sp³-hybridized carbons (Fsp3) is 0.412. The number of nitrogens with one attached hydrogen (secondary N) is 2. The number of nitrogen functional groups attached to an aromatic ring is 1. The van der Waals surface area contributed by atoms with Crippen LogP contribution in [0.3, 0.4) is 0 Å². The number of nitrogens with zero attached hydrogens (tertiary/aromatic N) is 3. The van der Waals surface area contributed by atoms with Crippen molar-refractivity contribution in [3.8, 4) is 5.75 Å². The van der Waals surface area contributed by atoms with Crippen molar-refractivity contribution >= 4 is 23.5 Å². The summed E-state index contributed by atoms with van der Waals surface area (Å²) in [4.78, 5) is 25.4. The Balaban J connectivity index is 1.64. The summed E-state index contributed by atoms with van der Waals surface area (Å²) in [6.07, 6.45) is 1.59. The number of methoxy groups -OCH3 is 1. The average molecular weight is 358 g/mol. The van der Waals surface area contributed by atoms with Gasteiger partial charge in [-0.25, -0.2) is 0 Å². The summed E-state index contributed by atoms with van der Waals surface area (Å²) >= 11 is 0. The molecule has 0 unspecified atom stereocenters. The number of quaternary nitrogens is 1. The Hall–Kier alpha value is -2.94. The summed E-state index contributed by atoms with van der Waals surface area (Å²) < 4.78 is 5.14. The normalized spacial score (nSPS) is 19.7. The first-order chi connectivity index (χ1) is 12.5. The van der Waals surface area contributed by atoms with Crippen LogP contribution in [0.15, 0.2) is 24.3 Å². The van der Waals surface area contributed by atoms with Gasteiger partial charge in [-0.05, 0) is 24.3 Å². The maximum absolute atomic E-state index is 11.3. The van der Waals surface area contributed by atoms with Gasteiger partial charge in [-0.15, -0.1) is 0 Å². The van der Waals surface area contributed by atoms with E-state index < -0.39 is 0 Å². The molecule has 2 heterocycles. The van der Waals surface area contributed by atoms with E-state index in [2.05, 4.69) is 20.3 Å². The molecule has 0 aliphatic carbocycles. The van der Waals surface area contributed by atoms with Gasteiger partial charge in [0.05, 0.1) is 20.2 Å². The van der Waals surface area contributed by atoms with Gasteiger partial charge in [-0.1, -0.05) is 0 Å². The maximum Gasteiger partial charge on any atom is 0.232 e. The van der Waals surface area contributed by atoms with Gasteiger partial charge in [-0.3, -0.25) is 4.79 Å². The molecule has 26 heavy (non-hydrogen) atoms. The number of primary amides is 1. The van der Waals surface area contributed by atoms with Crippen molar-refractivity contribution in [1.29, 1.82) is 0 Å². The number of carbonyl (C=O) groups excluding carboxylic acids is 1. The summed E-state index contributed by atoms with van der Waals surface area (Å²) in [6, 6.07) is 7.44. The first-order valence-corrected chi connectivity index (χ1v) is 8.58. The fourth-order valence-corrected chi connectivity index (χ4v) is 3.09. The number of likely N-dealkylation sites (tertiary alicyclic amines) is 1. The second-order valence-electron chi connectivity index (χ2n) is 6.39. The first kappa shape index (κ1) is 17.9. The molecule has 6 N–H and O–H groups in total. The van der Waals surface area contributed by atoms with Crippen molar-refractivity contribution < 1.29 is 14.4 Å². The molecule has 1 aliphatic rings. The molecule has 1 amide bonds. The molecular formula is C17H24N7O2+. The van der Waals surface area contributed by atoms with Crippen LogP contribution in [-0.4, -0.2) is 41.1 Å². The van der Waals surface area contributed by atoms with Gasteiger partial charge in [0.15, 0.2) is 5.82 Å². The van der Waals surface area contributed by atoms with Crippen molar-refractivity contribution in [2.75, 3.05) is 31.2 Å². The highest BCUT2D eigenvalue weighted by Crippen LogP contribution is 2.18. The van der Waals surface area contributed by atoms with Gasteiger partial charge in [0.25, 0.3) is 0 Å². The van der Waals surface area contributed by atoms with Gasteiger partial charge in [-0.2, -0.15) is 15.0 Å². The van der Waals surface area contributed by atoms with Gasteiger partial charge >= 0.3 is 0 Å². The lowest BCUT2D eigenvalue weighted by Gasteiger charge is -2.27. The van der Waals surface area contributed by atoms with Crippen molar-refractivity contribution in [3.05, 3.63) is 30.1 Å². The average Bonchev–Trinajstić information content (AvgIpc) is 2.62. The van der Waals surface area contributed by atoms with E-state index >= 15 is 0 Å². The monoisotopic (exact) mass is 358 g/mol. The zero-order valence-electron chi connectivity index (χ0n) is 14.7. The zero-order chi connectivity index (χ0) is 18.5. The molecule has 2 aromatic rings. The molecule has 0 radical (unpaired) electrons. The van der Waals surface area contributed by atoms with Gasteiger partial charge in [0.2, 0.25) is 17.8 Å². The summed E-state index contributed by atoms with van der Waals surface area (Å²) in [5.41, 5.74) is 12.0. The first-order valence-electron chi connectivity index (χ1n) is 8.58. The molecule has 138 valence electrons. The SMILES string of the molecule is COc1ccc(Nc2nc(N)nc(C[NH+]3CCC(C(N)=O)CC3)n2)cc1. The number of carbonyl (C=O) groups is 1. The standard InChI is InChI=1S/C17H23N7O2/c1-26-13-4-2-12(3-5-13)20-17-22-14(21-16(19)23-17)10-24-8-6-11(7-9-24)15(18)25/h2-5,11H,6-10H2,1H3,(H2,18,25)(H3,19,20,21,22,23)/p+1. The molecule has 9 heteroatoms. The van der Waals surface area contributed by atoms with Crippen LogP contribution in [0, 0.1) is 5.92 Å². The third-order valence-electron chi connectivity index (χ3n) is 4.55.